The third kappa shape index (κ3) is 2.58. The molecule has 0 radical (unpaired) electrons. The number of hydrogen-bond acceptors (Lipinski definition) is 4. The van der Waals surface area contributed by atoms with Crippen LogP contribution in [0.3, 0.4) is 0 Å². The Kier molecular flexibility index (Phi) is 3.81. The average Bonchev–Trinajstić information content (AvgIpc) is 2.73. The van der Waals surface area contributed by atoms with Gasteiger partial charge < -0.3 is 18.8 Å². The topological polar surface area (TPSA) is 36.9 Å². The van der Waals surface area contributed by atoms with Gasteiger partial charge in [-0.05, 0) is 45.3 Å². The smallest absolute Gasteiger partial charge is 0.494 e. The summed E-state index contributed by atoms with van der Waals surface area (Å²) < 4.78 is 23.4. The molecule has 23 heavy (non-hydrogen) atoms. The van der Waals surface area contributed by atoms with Crippen LogP contribution in [-0.4, -0.2) is 32.5 Å². The first kappa shape index (κ1) is 16.2. The normalized spacial score (nSPS) is 19.1. The lowest BCUT2D eigenvalue weighted by atomic mass is 9.78. The molecule has 3 rings (SSSR count). The van der Waals surface area contributed by atoms with Gasteiger partial charge in [0.15, 0.2) is 0 Å². The van der Waals surface area contributed by atoms with Gasteiger partial charge in [-0.1, -0.05) is 18.2 Å². The van der Waals surface area contributed by atoms with Crippen LogP contribution >= 0.6 is 0 Å². The number of hydrogen-bond donors (Lipinski definition) is 0. The maximum Gasteiger partial charge on any atom is 0.494 e. The van der Waals surface area contributed by atoms with Gasteiger partial charge in [0.25, 0.3) is 0 Å². The van der Waals surface area contributed by atoms with Crippen LogP contribution in [0.5, 0.6) is 11.5 Å². The Morgan fingerprint density at radius 2 is 1.43 bits per heavy atom. The zero-order chi connectivity index (χ0) is 16.8. The number of ether oxygens (including phenoxy) is 2. The van der Waals surface area contributed by atoms with E-state index in [1.165, 1.54) is 0 Å². The highest BCUT2D eigenvalue weighted by Gasteiger charge is 2.51. The van der Waals surface area contributed by atoms with Crippen LogP contribution in [0.4, 0.5) is 0 Å². The highest BCUT2D eigenvalue weighted by Crippen LogP contribution is 2.38. The van der Waals surface area contributed by atoms with E-state index in [0.717, 1.165) is 27.7 Å². The Balaban J connectivity index is 2.13. The van der Waals surface area contributed by atoms with Gasteiger partial charge >= 0.3 is 7.12 Å². The molecule has 2 aromatic rings. The van der Waals surface area contributed by atoms with E-state index in [1.54, 1.807) is 14.2 Å². The lowest BCUT2D eigenvalue weighted by molar-refractivity contribution is 0.00578. The van der Waals surface area contributed by atoms with Crippen molar-refractivity contribution in [1.82, 2.24) is 0 Å². The van der Waals surface area contributed by atoms with Crippen molar-refractivity contribution in [1.29, 1.82) is 0 Å². The van der Waals surface area contributed by atoms with Crippen molar-refractivity contribution < 1.29 is 18.8 Å². The minimum atomic E-state index is -0.428. The second-order valence-electron chi connectivity index (χ2n) is 6.87. The number of methoxy groups -OCH3 is 2. The average molecular weight is 314 g/mol. The van der Waals surface area contributed by atoms with Crippen LogP contribution in [0, 0.1) is 0 Å². The predicted molar refractivity (Wildman–Crippen MR) is 92.8 cm³/mol. The van der Waals surface area contributed by atoms with Crippen LogP contribution < -0.4 is 14.9 Å². The lowest BCUT2D eigenvalue weighted by Crippen LogP contribution is -2.41. The van der Waals surface area contributed by atoms with Crippen LogP contribution in [0.1, 0.15) is 27.7 Å². The molecular formula is C18H23BO4. The summed E-state index contributed by atoms with van der Waals surface area (Å²) in [5.74, 6) is 1.59. The molecule has 4 nitrogen and oxygen atoms in total. The maximum absolute atomic E-state index is 6.15. The van der Waals surface area contributed by atoms with Crippen LogP contribution in [0.15, 0.2) is 30.3 Å². The zero-order valence-corrected chi connectivity index (χ0v) is 14.6. The molecule has 1 saturated heterocycles. The van der Waals surface area contributed by atoms with Gasteiger partial charge in [0, 0.05) is 10.8 Å². The van der Waals surface area contributed by atoms with Gasteiger partial charge in [-0.2, -0.15) is 0 Å². The molecule has 1 fully saturated rings. The maximum atomic E-state index is 6.15. The Bertz CT molecular complexity index is 723. The fourth-order valence-corrected chi connectivity index (χ4v) is 2.81. The van der Waals surface area contributed by atoms with Gasteiger partial charge in [-0.3, -0.25) is 0 Å². The Hall–Kier alpha value is -1.72. The lowest BCUT2D eigenvalue weighted by Gasteiger charge is -2.32. The first-order valence-corrected chi connectivity index (χ1v) is 7.79. The molecule has 0 saturated carbocycles. The molecule has 0 bridgehead atoms. The SMILES string of the molecule is COc1cc(B2OC(C)(C)C(C)(C)O2)cc2c(OC)cccc12. The van der Waals surface area contributed by atoms with E-state index in [4.69, 9.17) is 18.8 Å². The second-order valence-corrected chi connectivity index (χ2v) is 6.87. The second kappa shape index (κ2) is 5.43. The minimum Gasteiger partial charge on any atom is -0.496 e. The minimum absolute atomic E-state index is 0.374. The quantitative estimate of drug-likeness (QED) is 0.816. The Labute approximate surface area is 137 Å². The van der Waals surface area contributed by atoms with Crippen molar-refractivity contribution in [3.63, 3.8) is 0 Å². The zero-order valence-electron chi connectivity index (χ0n) is 14.6. The number of rotatable bonds is 3. The first-order valence-electron chi connectivity index (χ1n) is 7.79. The fraction of sp³-hybridized carbons (Fsp3) is 0.444. The van der Waals surface area contributed by atoms with Crippen LogP contribution in [0.2, 0.25) is 0 Å². The van der Waals surface area contributed by atoms with Crippen molar-refractivity contribution in [3.8, 4) is 11.5 Å². The van der Waals surface area contributed by atoms with E-state index in [2.05, 4.69) is 6.07 Å². The highest BCUT2D eigenvalue weighted by atomic mass is 16.7. The predicted octanol–water partition coefficient (Wildman–Crippen LogP) is 3.16. The third-order valence-corrected chi connectivity index (χ3v) is 4.91. The van der Waals surface area contributed by atoms with Gasteiger partial charge in [0.1, 0.15) is 11.5 Å². The molecule has 0 aromatic heterocycles. The summed E-state index contributed by atoms with van der Waals surface area (Å²) in [4.78, 5) is 0. The molecule has 1 aliphatic rings. The molecule has 1 aliphatic heterocycles. The van der Waals surface area contributed by atoms with E-state index in [0.29, 0.717) is 0 Å². The largest absolute Gasteiger partial charge is 0.496 e. The molecule has 122 valence electrons. The summed E-state index contributed by atoms with van der Waals surface area (Å²) in [6.07, 6.45) is 0. The summed E-state index contributed by atoms with van der Waals surface area (Å²) in [6.45, 7) is 8.19. The van der Waals surface area contributed by atoms with E-state index in [1.807, 2.05) is 52.0 Å². The number of benzene rings is 2. The van der Waals surface area contributed by atoms with Crippen molar-refractivity contribution in [2.75, 3.05) is 14.2 Å². The van der Waals surface area contributed by atoms with E-state index >= 15 is 0 Å². The summed E-state index contributed by atoms with van der Waals surface area (Å²) in [5, 5.41) is 1.99. The van der Waals surface area contributed by atoms with E-state index in [-0.39, 0.29) is 11.2 Å². The summed E-state index contributed by atoms with van der Waals surface area (Å²) in [6, 6.07) is 9.95. The van der Waals surface area contributed by atoms with Gasteiger partial charge in [0.2, 0.25) is 0 Å². The van der Waals surface area contributed by atoms with Crippen molar-refractivity contribution >= 4 is 23.4 Å². The molecule has 0 amide bonds. The van der Waals surface area contributed by atoms with Gasteiger partial charge in [0.05, 0.1) is 25.4 Å². The van der Waals surface area contributed by atoms with Crippen molar-refractivity contribution in [2.24, 2.45) is 0 Å². The standard InChI is InChI=1S/C18H23BO4/c1-17(2)18(3,4)23-19(22-17)12-10-14-13(16(11-12)21-6)8-7-9-15(14)20-5/h7-11H,1-6H3. The Morgan fingerprint density at radius 1 is 0.826 bits per heavy atom. The first-order chi connectivity index (χ1) is 10.8. The summed E-state index contributed by atoms with van der Waals surface area (Å²) >= 11 is 0. The monoisotopic (exact) mass is 314 g/mol. The van der Waals surface area contributed by atoms with Gasteiger partial charge in [-0.25, -0.2) is 0 Å². The molecule has 2 aromatic carbocycles. The molecule has 0 unspecified atom stereocenters. The highest BCUT2D eigenvalue weighted by molar-refractivity contribution is 6.62. The molecule has 0 aliphatic carbocycles. The molecule has 0 atom stereocenters. The van der Waals surface area contributed by atoms with Gasteiger partial charge in [-0.15, -0.1) is 0 Å². The molecule has 0 N–H and O–H groups in total. The number of fused-ring (bicyclic) bond motifs is 1. The van der Waals surface area contributed by atoms with Crippen LogP contribution in [0.25, 0.3) is 10.8 Å². The molecule has 0 spiro atoms. The van der Waals surface area contributed by atoms with Crippen molar-refractivity contribution in [3.05, 3.63) is 30.3 Å². The van der Waals surface area contributed by atoms with Crippen molar-refractivity contribution in [2.45, 2.75) is 38.9 Å². The summed E-state index contributed by atoms with van der Waals surface area (Å²) in [5.41, 5.74) is 0.179. The molecule has 1 heterocycles. The van der Waals surface area contributed by atoms with E-state index < -0.39 is 7.12 Å². The third-order valence-electron chi connectivity index (χ3n) is 4.91. The molecule has 5 heteroatoms. The van der Waals surface area contributed by atoms with E-state index in [9.17, 15) is 0 Å². The van der Waals surface area contributed by atoms with Crippen LogP contribution in [-0.2, 0) is 9.31 Å². The Morgan fingerprint density at radius 3 is 2.00 bits per heavy atom. The fourth-order valence-electron chi connectivity index (χ4n) is 2.81. The summed E-state index contributed by atoms with van der Waals surface area (Å²) in [7, 11) is 2.91. The molecular weight excluding hydrogens is 291 g/mol.